The minimum absolute atomic E-state index is 0.0441. The van der Waals surface area contributed by atoms with Gasteiger partial charge >= 0.3 is 0 Å². The van der Waals surface area contributed by atoms with Gasteiger partial charge in [-0.25, -0.2) is 0 Å². The average molecular weight is 453 g/mol. The van der Waals surface area contributed by atoms with Crippen LogP contribution in [-0.2, 0) is 0 Å². The molecule has 0 saturated carbocycles. The van der Waals surface area contributed by atoms with E-state index in [1.54, 1.807) is 60.7 Å². The van der Waals surface area contributed by atoms with Crippen molar-refractivity contribution in [2.24, 2.45) is 0 Å². The van der Waals surface area contributed by atoms with Gasteiger partial charge in [0.15, 0.2) is 23.1 Å². The first kappa shape index (κ1) is 21.7. The maximum atomic E-state index is 13.5. The van der Waals surface area contributed by atoms with E-state index in [0.29, 0.717) is 44.7 Å². The summed E-state index contributed by atoms with van der Waals surface area (Å²) < 4.78 is 21.3. The standard InChI is InChI=1S/C25H21ClO6/c1-29-18-8-9-19(23(12-18)30-2)21(27)13-20(15-3-6-17(26)7-4-15)25(28)16-5-10-22-24(11-16)32-14-31-22/h3-12,20H,13-14H2,1-2H3. The van der Waals surface area contributed by atoms with E-state index < -0.39 is 5.92 Å². The minimum atomic E-state index is -0.716. The molecular weight excluding hydrogens is 432 g/mol. The number of benzene rings is 3. The minimum Gasteiger partial charge on any atom is -0.497 e. The Hall–Kier alpha value is -3.51. The lowest BCUT2D eigenvalue weighted by atomic mass is 9.85. The van der Waals surface area contributed by atoms with Gasteiger partial charge in [-0.05, 0) is 48.0 Å². The highest BCUT2D eigenvalue weighted by atomic mass is 35.5. The predicted molar refractivity (Wildman–Crippen MR) is 120 cm³/mol. The molecule has 0 fully saturated rings. The van der Waals surface area contributed by atoms with Crippen molar-refractivity contribution in [2.75, 3.05) is 21.0 Å². The van der Waals surface area contributed by atoms with Crippen molar-refractivity contribution >= 4 is 23.2 Å². The zero-order valence-corrected chi connectivity index (χ0v) is 18.3. The summed E-state index contributed by atoms with van der Waals surface area (Å²) >= 11 is 6.04. The fraction of sp³-hybridized carbons (Fsp3) is 0.200. The smallest absolute Gasteiger partial charge is 0.231 e. The largest absolute Gasteiger partial charge is 0.497 e. The molecule has 1 aliphatic heterocycles. The van der Waals surface area contributed by atoms with Gasteiger partial charge in [-0.2, -0.15) is 0 Å². The molecule has 3 aromatic rings. The number of Topliss-reactive ketones (excluding diaryl/α,β-unsaturated/α-hetero) is 2. The molecule has 0 N–H and O–H groups in total. The number of rotatable bonds is 8. The van der Waals surface area contributed by atoms with Crippen LogP contribution in [0.5, 0.6) is 23.0 Å². The molecule has 0 spiro atoms. The molecular formula is C25H21ClO6. The molecule has 0 bridgehead atoms. The summed E-state index contributed by atoms with van der Waals surface area (Å²) in [7, 11) is 3.02. The van der Waals surface area contributed by atoms with Crippen LogP contribution in [0.15, 0.2) is 60.7 Å². The number of ketones is 2. The van der Waals surface area contributed by atoms with E-state index in [9.17, 15) is 9.59 Å². The summed E-state index contributed by atoms with van der Waals surface area (Å²) in [6, 6.07) is 16.9. The predicted octanol–water partition coefficient (Wildman–Crippen LogP) is 5.33. The SMILES string of the molecule is COc1ccc(C(=O)CC(C(=O)c2ccc3c(c2)OCO3)c2ccc(Cl)cc2)c(OC)c1. The van der Waals surface area contributed by atoms with E-state index in [2.05, 4.69) is 0 Å². The van der Waals surface area contributed by atoms with Gasteiger partial charge in [0.2, 0.25) is 6.79 Å². The lowest BCUT2D eigenvalue weighted by Crippen LogP contribution is -2.18. The van der Waals surface area contributed by atoms with Gasteiger partial charge in [-0.15, -0.1) is 0 Å². The number of halogens is 1. The highest BCUT2D eigenvalue weighted by molar-refractivity contribution is 6.30. The molecule has 164 valence electrons. The van der Waals surface area contributed by atoms with Gasteiger partial charge in [0.05, 0.1) is 25.7 Å². The van der Waals surface area contributed by atoms with Gasteiger partial charge in [0, 0.05) is 23.1 Å². The normalized spacial score (nSPS) is 12.8. The number of methoxy groups -OCH3 is 2. The first-order chi connectivity index (χ1) is 15.5. The van der Waals surface area contributed by atoms with Gasteiger partial charge < -0.3 is 18.9 Å². The molecule has 3 aromatic carbocycles. The van der Waals surface area contributed by atoms with Crippen molar-refractivity contribution in [3.8, 4) is 23.0 Å². The first-order valence-electron chi connectivity index (χ1n) is 9.94. The van der Waals surface area contributed by atoms with Gasteiger partial charge in [-0.1, -0.05) is 23.7 Å². The Bertz CT molecular complexity index is 1160. The first-order valence-corrected chi connectivity index (χ1v) is 10.3. The van der Waals surface area contributed by atoms with E-state index in [1.165, 1.54) is 14.2 Å². The third kappa shape index (κ3) is 4.41. The topological polar surface area (TPSA) is 71.1 Å². The Kier molecular flexibility index (Phi) is 6.32. The van der Waals surface area contributed by atoms with Crippen LogP contribution in [0, 0.1) is 0 Å². The Morgan fingerprint density at radius 3 is 2.41 bits per heavy atom. The van der Waals surface area contributed by atoms with Crippen LogP contribution in [0.25, 0.3) is 0 Å². The zero-order chi connectivity index (χ0) is 22.7. The van der Waals surface area contributed by atoms with E-state index in [1.807, 2.05) is 0 Å². The maximum absolute atomic E-state index is 13.5. The molecule has 32 heavy (non-hydrogen) atoms. The van der Waals surface area contributed by atoms with Crippen molar-refractivity contribution in [2.45, 2.75) is 12.3 Å². The molecule has 1 atom stereocenters. The van der Waals surface area contributed by atoms with Gasteiger partial charge in [0.25, 0.3) is 0 Å². The number of ether oxygens (including phenoxy) is 4. The maximum Gasteiger partial charge on any atom is 0.231 e. The molecule has 0 saturated heterocycles. The van der Waals surface area contributed by atoms with Crippen LogP contribution < -0.4 is 18.9 Å². The lowest BCUT2D eigenvalue weighted by molar-refractivity contribution is 0.0891. The summed E-state index contributed by atoms with van der Waals surface area (Å²) in [5, 5.41) is 0.547. The Morgan fingerprint density at radius 2 is 1.69 bits per heavy atom. The van der Waals surface area contributed by atoms with Crippen molar-refractivity contribution in [3.05, 3.63) is 82.4 Å². The van der Waals surface area contributed by atoms with Crippen LogP contribution in [0.2, 0.25) is 5.02 Å². The molecule has 6 nitrogen and oxygen atoms in total. The van der Waals surface area contributed by atoms with Crippen LogP contribution in [0.1, 0.15) is 38.6 Å². The summed E-state index contributed by atoms with van der Waals surface area (Å²) in [5.41, 5.74) is 1.51. The molecule has 0 amide bonds. The second-order valence-corrected chi connectivity index (χ2v) is 7.67. The van der Waals surface area contributed by atoms with E-state index in [0.717, 1.165) is 0 Å². The third-order valence-electron chi connectivity index (χ3n) is 5.34. The number of fused-ring (bicyclic) bond motifs is 1. The van der Waals surface area contributed by atoms with Crippen LogP contribution in [-0.4, -0.2) is 32.6 Å². The fourth-order valence-electron chi connectivity index (χ4n) is 3.63. The zero-order valence-electron chi connectivity index (χ0n) is 17.6. The molecule has 0 aliphatic carbocycles. The quantitative estimate of drug-likeness (QED) is 0.430. The van der Waals surface area contributed by atoms with Crippen LogP contribution in [0.4, 0.5) is 0 Å². The fourth-order valence-corrected chi connectivity index (χ4v) is 3.76. The summed E-state index contributed by atoms with van der Waals surface area (Å²) in [4.78, 5) is 26.8. The lowest BCUT2D eigenvalue weighted by Gasteiger charge is -2.17. The second-order valence-electron chi connectivity index (χ2n) is 7.23. The van der Waals surface area contributed by atoms with Crippen molar-refractivity contribution in [1.82, 2.24) is 0 Å². The van der Waals surface area contributed by atoms with Gasteiger partial charge in [-0.3, -0.25) is 9.59 Å². The van der Waals surface area contributed by atoms with Crippen molar-refractivity contribution in [1.29, 1.82) is 0 Å². The number of carbonyl (C=O) groups excluding carboxylic acids is 2. The molecule has 1 aliphatic rings. The van der Waals surface area contributed by atoms with E-state index in [-0.39, 0.29) is 24.8 Å². The van der Waals surface area contributed by atoms with Crippen LogP contribution in [0.3, 0.4) is 0 Å². The third-order valence-corrected chi connectivity index (χ3v) is 5.60. The molecule has 0 radical (unpaired) electrons. The monoisotopic (exact) mass is 452 g/mol. The average Bonchev–Trinajstić information content (AvgIpc) is 3.30. The Labute approximate surface area is 190 Å². The summed E-state index contributed by atoms with van der Waals surface area (Å²) in [5.74, 6) is 0.915. The molecule has 7 heteroatoms. The highest BCUT2D eigenvalue weighted by Crippen LogP contribution is 2.36. The van der Waals surface area contributed by atoms with Crippen molar-refractivity contribution in [3.63, 3.8) is 0 Å². The molecule has 1 unspecified atom stereocenters. The van der Waals surface area contributed by atoms with Crippen molar-refractivity contribution < 1.29 is 28.5 Å². The van der Waals surface area contributed by atoms with Crippen LogP contribution >= 0.6 is 11.6 Å². The number of carbonyl (C=O) groups is 2. The van der Waals surface area contributed by atoms with E-state index >= 15 is 0 Å². The summed E-state index contributed by atoms with van der Waals surface area (Å²) in [6.45, 7) is 0.114. The number of hydrogen-bond donors (Lipinski definition) is 0. The Balaban J connectivity index is 1.68. The summed E-state index contributed by atoms with van der Waals surface area (Å²) in [6.07, 6.45) is -0.0441. The number of hydrogen-bond acceptors (Lipinski definition) is 6. The van der Waals surface area contributed by atoms with Gasteiger partial charge in [0.1, 0.15) is 11.5 Å². The van der Waals surface area contributed by atoms with E-state index in [4.69, 9.17) is 30.5 Å². The molecule has 0 aromatic heterocycles. The second kappa shape index (κ2) is 9.32. The highest BCUT2D eigenvalue weighted by Gasteiger charge is 2.28. The molecule has 1 heterocycles. The Morgan fingerprint density at radius 1 is 0.938 bits per heavy atom. The molecule has 4 rings (SSSR count).